The molecule has 140 valence electrons. The molecule has 1 aliphatic heterocycles. The summed E-state index contributed by atoms with van der Waals surface area (Å²) < 4.78 is 15.8. The second-order valence-electron chi connectivity index (χ2n) is 6.33. The van der Waals surface area contributed by atoms with Gasteiger partial charge in [0.2, 0.25) is 0 Å². The highest BCUT2D eigenvalue weighted by Gasteiger charge is 2.38. The summed E-state index contributed by atoms with van der Waals surface area (Å²) in [5.74, 6) is -2.06. The van der Waals surface area contributed by atoms with E-state index in [0.29, 0.717) is 24.5 Å². The van der Waals surface area contributed by atoms with Crippen LogP contribution < -0.4 is 10.1 Å². The Hall–Kier alpha value is -3.35. The van der Waals surface area contributed by atoms with Gasteiger partial charge >= 0.3 is 11.9 Å². The van der Waals surface area contributed by atoms with E-state index in [1.807, 2.05) is 24.3 Å². The number of ether oxygens (including phenoxy) is 3. The second kappa shape index (κ2) is 7.90. The summed E-state index contributed by atoms with van der Waals surface area (Å²) in [5, 5.41) is 2.90. The minimum absolute atomic E-state index is 0.198. The summed E-state index contributed by atoms with van der Waals surface area (Å²) in [5.41, 5.74) is 1.41. The monoisotopic (exact) mass is 368 g/mol. The molecule has 0 radical (unpaired) electrons. The highest BCUT2D eigenvalue weighted by Crippen LogP contribution is 2.23. The van der Waals surface area contributed by atoms with Crippen LogP contribution in [-0.2, 0) is 25.5 Å². The van der Waals surface area contributed by atoms with Gasteiger partial charge in [-0.25, -0.2) is 9.59 Å². The van der Waals surface area contributed by atoms with Gasteiger partial charge in [0.25, 0.3) is 5.79 Å². The Morgan fingerprint density at radius 3 is 2.59 bits per heavy atom. The van der Waals surface area contributed by atoms with Crippen molar-refractivity contribution in [2.45, 2.75) is 26.1 Å². The summed E-state index contributed by atoms with van der Waals surface area (Å²) in [7, 11) is 0. The minimum Gasteiger partial charge on any atom is -0.493 e. The van der Waals surface area contributed by atoms with Gasteiger partial charge < -0.3 is 19.5 Å². The number of aromatic nitrogens is 1. The lowest BCUT2D eigenvalue weighted by molar-refractivity contribution is -0.222. The number of cyclic esters (lactones) is 2. The number of esters is 2. The molecule has 3 rings (SSSR count). The third-order valence-corrected chi connectivity index (χ3v) is 3.69. The lowest BCUT2D eigenvalue weighted by Crippen LogP contribution is -2.42. The standard InChI is InChI=1S/C20H20N2O5/c1-20(2)26-18(23)17(19(24)27-20)13-22-15-7-5-8-16(12-15)25-11-9-14-6-3-4-10-21-14/h3-8,10,12-13,22H,9,11H2,1-2H3. The van der Waals surface area contributed by atoms with E-state index in [-0.39, 0.29) is 5.57 Å². The first-order chi connectivity index (χ1) is 12.9. The van der Waals surface area contributed by atoms with Crippen molar-refractivity contribution in [3.63, 3.8) is 0 Å². The molecule has 1 aliphatic rings. The number of hydrogen-bond acceptors (Lipinski definition) is 7. The maximum absolute atomic E-state index is 11.9. The van der Waals surface area contributed by atoms with E-state index >= 15 is 0 Å². The van der Waals surface area contributed by atoms with Crippen LogP contribution >= 0.6 is 0 Å². The summed E-state index contributed by atoms with van der Waals surface area (Å²) in [6, 6.07) is 12.9. The molecule has 0 amide bonds. The number of nitrogens with one attached hydrogen (secondary N) is 1. The zero-order valence-electron chi connectivity index (χ0n) is 15.1. The van der Waals surface area contributed by atoms with Gasteiger partial charge in [0.05, 0.1) is 6.61 Å². The van der Waals surface area contributed by atoms with Crippen LogP contribution in [0, 0.1) is 0 Å². The molecule has 0 spiro atoms. The van der Waals surface area contributed by atoms with Crippen molar-refractivity contribution < 1.29 is 23.8 Å². The van der Waals surface area contributed by atoms with Crippen LogP contribution in [0.15, 0.2) is 60.4 Å². The van der Waals surface area contributed by atoms with Crippen LogP contribution in [0.4, 0.5) is 5.69 Å². The number of anilines is 1. The van der Waals surface area contributed by atoms with Crippen LogP contribution in [0.25, 0.3) is 0 Å². The van der Waals surface area contributed by atoms with Gasteiger partial charge in [-0.1, -0.05) is 12.1 Å². The molecule has 0 unspecified atom stereocenters. The van der Waals surface area contributed by atoms with E-state index < -0.39 is 17.7 Å². The number of rotatable bonds is 6. The average molecular weight is 368 g/mol. The number of carbonyl (C=O) groups is 2. The van der Waals surface area contributed by atoms with Gasteiger partial charge in [-0.05, 0) is 24.3 Å². The zero-order chi connectivity index (χ0) is 19.3. The fourth-order valence-electron chi connectivity index (χ4n) is 2.43. The van der Waals surface area contributed by atoms with Gasteiger partial charge in [0.15, 0.2) is 5.57 Å². The summed E-state index contributed by atoms with van der Waals surface area (Å²) in [6.07, 6.45) is 3.71. The molecule has 1 aromatic carbocycles. The molecule has 0 aliphatic carbocycles. The molecule has 0 bridgehead atoms. The Bertz CT molecular complexity index is 840. The van der Waals surface area contributed by atoms with E-state index in [4.69, 9.17) is 14.2 Å². The van der Waals surface area contributed by atoms with Crippen LogP contribution in [-0.4, -0.2) is 29.3 Å². The lowest BCUT2D eigenvalue weighted by atomic mass is 10.2. The highest BCUT2D eigenvalue weighted by atomic mass is 16.7. The second-order valence-corrected chi connectivity index (χ2v) is 6.33. The predicted octanol–water partition coefficient (Wildman–Crippen LogP) is 2.84. The van der Waals surface area contributed by atoms with Crippen LogP contribution in [0.2, 0.25) is 0 Å². The normalized spacial score (nSPS) is 15.6. The SMILES string of the molecule is CC1(C)OC(=O)C(=CNc2cccc(OCCc3ccccn3)c2)C(=O)O1. The van der Waals surface area contributed by atoms with Crippen molar-refractivity contribution in [2.24, 2.45) is 0 Å². The molecular formula is C20H20N2O5. The summed E-state index contributed by atoms with van der Waals surface area (Å²) in [4.78, 5) is 28.1. The van der Waals surface area contributed by atoms with Crippen LogP contribution in [0.1, 0.15) is 19.5 Å². The predicted molar refractivity (Wildman–Crippen MR) is 97.8 cm³/mol. The fourth-order valence-corrected chi connectivity index (χ4v) is 2.43. The van der Waals surface area contributed by atoms with E-state index in [1.165, 1.54) is 20.0 Å². The number of carbonyl (C=O) groups excluding carboxylic acids is 2. The van der Waals surface area contributed by atoms with Crippen molar-refractivity contribution in [3.8, 4) is 5.75 Å². The number of nitrogens with zero attached hydrogens (tertiary/aromatic N) is 1. The van der Waals surface area contributed by atoms with E-state index in [2.05, 4.69) is 10.3 Å². The van der Waals surface area contributed by atoms with Gasteiger partial charge in [-0.3, -0.25) is 4.98 Å². The maximum Gasteiger partial charge on any atom is 0.350 e. The maximum atomic E-state index is 11.9. The quantitative estimate of drug-likeness (QED) is 0.477. The zero-order valence-corrected chi connectivity index (χ0v) is 15.1. The Kier molecular flexibility index (Phi) is 5.40. The Balaban J connectivity index is 1.59. The molecule has 0 atom stereocenters. The third kappa shape index (κ3) is 5.07. The molecule has 1 saturated heterocycles. The number of pyridine rings is 1. The molecule has 1 fully saturated rings. The first-order valence-electron chi connectivity index (χ1n) is 8.49. The molecule has 2 heterocycles. The smallest absolute Gasteiger partial charge is 0.350 e. The molecule has 7 nitrogen and oxygen atoms in total. The number of hydrogen-bond donors (Lipinski definition) is 1. The Labute approximate surface area is 157 Å². The first-order valence-corrected chi connectivity index (χ1v) is 8.49. The molecule has 0 saturated carbocycles. The van der Waals surface area contributed by atoms with Crippen molar-refractivity contribution in [1.29, 1.82) is 0 Å². The lowest BCUT2D eigenvalue weighted by Gasteiger charge is -2.29. The van der Waals surface area contributed by atoms with Crippen LogP contribution in [0.3, 0.4) is 0 Å². The molecule has 2 aromatic rings. The van der Waals surface area contributed by atoms with Gasteiger partial charge in [0, 0.05) is 50.1 Å². The molecule has 7 heteroatoms. The van der Waals surface area contributed by atoms with Crippen molar-refractivity contribution in [1.82, 2.24) is 4.98 Å². The molecule has 1 N–H and O–H groups in total. The van der Waals surface area contributed by atoms with Crippen molar-refractivity contribution in [2.75, 3.05) is 11.9 Å². The Morgan fingerprint density at radius 2 is 1.89 bits per heavy atom. The van der Waals surface area contributed by atoms with E-state index in [1.54, 1.807) is 24.4 Å². The molecule has 1 aromatic heterocycles. The highest BCUT2D eigenvalue weighted by molar-refractivity contribution is 6.15. The number of benzene rings is 1. The van der Waals surface area contributed by atoms with Gasteiger partial charge in [-0.15, -0.1) is 0 Å². The third-order valence-electron chi connectivity index (χ3n) is 3.69. The van der Waals surface area contributed by atoms with E-state index in [9.17, 15) is 9.59 Å². The summed E-state index contributed by atoms with van der Waals surface area (Å²) >= 11 is 0. The van der Waals surface area contributed by atoms with E-state index in [0.717, 1.165) is 5.69 Å². The average Bonchev–Trinajstić information content (AvgIpc) is 2.61. The van der Waals surface area contributed by atoms with Crippen LogP contribution in [0.5, 0.6) is 5.75 Å². The largest absolute Gasteiger partial charge is 0.493 e. The Morgan fingerprint density at radius 1 is 1.11 bits per heavy atom. The minimum atomic E-state index is -1.26. The van der Waals surface area contributed by atoms with Crippen molar-refractivity contribution in [3.05, 3.63) is 66.1 Å². The summed E-state index contributed by atoms with van der Waals surface area (Å²) in [6.45, 7) is 3.48. The van der Waals surface area contributed by atoms with Gasteiger partial charge in [-0.2, -0.15) is 0 Å². The van der Waals surface area contributed by atoms with Gasteiger partial charge in [0.1, 0.15) is 5.75 Å². The topological polar surface area (TPSA) is 86.8 Å². The van der Waals surface area contributed by atoms with Crippen molar-refractivity contribution >= 4 is 17.6 Å². The molecule has 27 heavy (non-hydrogen) atoms. The molecular weight excluding hydrogens is 348 g/mol. The first kappa shape index (κ1) is 18.4. The fraction of sp³-hybridized carbons (Fsp3) is 0.250.